The van der Waals surface area contributed by atoms with Crippen LogP contribution >= 0.6 is 0 Å². The van der Waals surface area contributed by atoms with E-state index in [9.17, 15) is 19.8 Å². The molecular weight excluding hydrogens is 360 g/mol. The van der Waals surface area contributed by atoms with Crippen LogP contribution in [0.2, 0.25) is 0 Å². The minimum absolute atomic E-state index is 0.0230. The Morgan fingerprint density at radius 1 is 1.21 bits per heavy atom. The summed E-state index contributed by atoms with van der Waals surface area (Å²) in [4.78, 5) is 25.5. The molecule has 0 amide bonds. The van der Waals surface area contributed by atoms with E-state index < -0.39 is 29.9 Å². The molecule has 7 atom stereocenters. The Bertz CT molecular complexity index is 655. The molecule has 0 aromatic rings. The Morgan fingerprint density at radius 2 is 1.93 bits per heavy atom. The summed E-state index contributed by atoms with van der Waals surface area (Å²) in [6, 6.07) is 0. The number of fused-ring (bicyclic) bond motifs is 6. The Hall–Kier alpha value is -1.40. The number of esters is 1. The van der Waals surface area contributed by atoms with Crippen LogP contribution in [0.4, 0.5) is 0 Å². The molecule has 6 heteroatoms. The number of hydrogen-bond acceptors (Lipinski definition) is 6. The first-order chi connectivity index (χ1) is 13.1. The van der Waals surface area contributed by atoms with Crippen LogP contribution in [0.25, 0.3) is 0 Å². The molecule has 0 saturated carbocycles. The molecule has 0 aromatic heterocycles. The van der Waals surface area contributed by atoms with E-state index in [-0.39, 0.29) is 35.7 Å². The number of ether oxygens (including phenoxy) is 2. The van der Waals surface area contributed by atoms with E-state index in [2.05, 4.69) is 0 Å². The summed E-state index contributed by atoms with van der Waals surface area (Å²) in [5, 5.41) is 21.5. The molecule has 0 spiro atoms. The molecule has 4 rings (SSSR count). The molecule has 0 aliphatic carbocycles. The van der Waals surface area contributed by atoms with E-state index >= 15 is 0 Å². The van der Waals surface area contributed by atoms with Crippen molar-refractivity contribution in [2.24, 2.45) is 17.8 Å². The highest BCUT2D eigenvalue weighted by atomic mass is 16.5. The van der Waals surface area contributed by atoms with Crippen LogP contribution in [0, 0.1) is 17.8 Å². The van der Waals surface area contributed by atoms with Gasteiger partial charge in [-0.05, 0) is 44.9 Å². The summed E-state index contributed by atoms with van der Waals surface area (Å²) in [7, 11) is 0. The van der Waals surface area contributed by atoms with Gasteiger partial charge in [-0.3, -0.25) is 4.79 Å². The van der Waals surface area contributed by atoms with Crippen LogP contribution in [-0.2, 0) is 19.1 Å². The monoisotopic (exact) mass is 394 g/mol. The van der Waals surface area contributed by atoms with Gasteiger partial charge in [0.1, 0.15) is 17.6 Å². The maximum absolute atomic E-state index is 12.9. The van der Waals surface area contributed by atoms with Crippen molar-refractivity contribution in [3.63, 3.8) is 0 Å². The molecule has 28 heavy (non-hydrogen) atoms. The van der Waals surface area contributed by atoms with Gasteiger partial charge in [0.15, 0.2) is 0 Å². The SMILES string of the molecule is CCCC1C(O)=C2CCC3(C)CC(C)C(O)C(CC(C)C(=O)CC1OC2=O)O3. The summed E-state index contributed by atoms with van der Waals surface area (Å²) in [6.45, 7) is 7.85. The number of ketones is 1. The topological polar surface area (TPSA) is 93.1 Å². The lowest BCUT2D eigenvalue weighted by atomic mass is 9.78. The minimum atomic E-state index is -0.619. The van der Waals surface area contributed by atoms with Crippen molar-refractivity contribution < 1.29 is 29.3 Å². The van der Waals surface area contributed by atoms with Crippen LogP contribution in [0.15, 0.2) is 11.3 Å². The second-order valence-electron chi connectivity index (χ2n) is 9.29. The molecule has 0 radical (unpaired) electrons. The molecular formula is C22H34O6. The number of Topliss-reactive ketones (excluding diaryl/α,β-unsaturated/α-hetero) is 1. The van der Waals surface area contributed by atoms with Gasteiger partial charge in [-0.15, -0.1) is 0 Å². The van der Waals surface area contributed by atoms with Crippen molar-refractivity contribution in [3.8, 4) is 0 Å². The zero-order chi connectivity index (χ0) is 20.6. The predicted molar refractivity (Wildman–Crippen MR) is 104 cm³/mol. The highest BCUT2D eigenvalue weighted by molar-refractivity contribution is 5.91. The van der Waals surface area contributed by atoms with Crippen molar-refractivity contribution in [1.82, 2.24) is 0 Å². The third-order valence-electron chi connectivity index (χ3n) is 6.81. The number of carbonyl (C=O) groups is 2. The average Bonchev–Trinajstić information content (AvgIpc) is 2.62. The summed E-state index contributed by atoms with van der Waals surface area (Å²) in [6.07, 6.45) is 1.99. The van der Waals surface area contributed by atoms with Crippen LogP contribution in [0.3, 0.4) is 0 Å². The maximum atomic E-state index is 12.9. The Kier molecular flexibility index (Phi) is 6.20. The molecule has 158 valence electrons. The van der Waals surface area contributed by atoms with E-state index in [4.69, 9.17) is 9.47 Å². The molecule has 2 saturated heterocycles. The van der Waals surface area contributed by atoms with Crippen molar-refractivity contribution in [2.45, 2.75) is 96.6 Å². The average molecular weight is 395 g/mol. The van der Waals surface area contributed by atoms with Gasteiger partial charge >= 0.3 is 5.97 Å². The first-order valence-corrected chi connectivity index (χ1v) is 10.7. The lowest BCUT2D eigenvalue weighted by Crippen LogP contribution is -2.50. The van der Waals surface area contributed by atoms with Gasteiger partial charge in [0.05, 0.1) is 29.3 Å². The van der Waals surface area contributed by atoms with Crippen molar-refractivity contribution in [2.75, 3.05) is 0 Å². The van der Waals surface area contributed by atoms with Gasteiger partial charge < -0.3 is 19.7 Å². The molecule has 2 N–H and O–H groups in total. The fourth-order valence-corrected chi connectivity index (χ4v) is 5.11. The summed E-state index contributed by atoms with van der Waals surface area (Å²) in [5.74, 6) is -1.05. The lowest BCUT2D eigenvalue weighted by Gasteiger charge is -2.45. The second kappa shape index (κ2) is 8.15. The Labute approximate surface area is 167 Å². The van der Waals surface area contributed by atoms with Crippen LogP contribution < -0.4 is 0 Å². The molecule has 4 heterocycles. The molecule has 4 aliphatic heterocycles. The van der Waals surface area contributed by atoms with Crippen molar-refractivity contribution in [1.29, 1.82) is 0 Å². The fraction of sp³-hybridized carbons (Fsp3) is 0.818. The van der Waals surface area contributed by atoms with E-state index in [0.29, 0.717) is 37.7 Å². The standard InChI is InChI=1S/C22H34O6/c1-5-6-14-17-10-16(23)12(2)9-18-19(24)13(3)11-22(4,28-18)8-7-15(20(14)25)21(26)27-17/h12-14,17-19,24-25H,5-11H2,1-4H3. The van der Waals surface area contributed by atoms with Gasteiger partial charge in [-0.1, -0.05) is 27.2 Å². The lowest BCUT2D eigenvalue weighted by molar-refractivity contribution is -0.195. The smallest absolute Gasteiger partial charge is 0.337 e. The quantitative estimate of drug-likeness (QED) is 0.697. The van der Waals surface area contributed by atoms with Gasteiger partial charge in [0.2, 0.25) is 0 Å². The Morgan fingerprint density at radius 3 is 2.61 bits per heavy atom. The van der Waals surface area contributed by atoms with Gasteiger partial charge in [-0.2, -0.15) is 0 Å². The van der Waals surface area contributed by atoms with E-state index in [0.717, 1.165) is 6.42 Å². The number of aliphatic hydroxyl groups is 2. The largest absolute Gasteiger partial charge is 0.511 e. The van der Waals surface area contributed by atoms with Gasteiger partial charge in [-0.25, -0.2) is 4.79 Å². The normalized spacial score (nSPS) is 42.5. The fourth-order valence-electron chi connectivity index (χ4n) is 5.11. The predicted octanol–water partition coefficient (Wildman–Crippen LogP) is 3.46. The first-order valence-electron chi connectivity index (χ1n) is 10.7. The molecule has 2 fully saturated rings. The number of carbonyl (C=O) groups excluding carboxylic acids is 2. The third kappa shape index (κ3) is 4.13. The first kappa shape index (κ1) is 21.3. The number of hydrogen-bond donors (Lipinski definition) is 2. The van der Waals surface area contributed by atoms with Crippen molar-refractivity contribution in [3.05, 3.63) is 11.3 Å². The number of aliphatic hydroxyl groups excluding tert-OH is 2. The van der Waals surface area contributed by atoms with Crippen LogP contribution in [0.5, 0.6) is 0 Å². The zero-order valence-corrected chi connectivity index (χ0v) is 17.4. The molecule has 7 unspecified atom stereocenters. The second-order valence-corrected chi connectivity index (χ2v) is 9.29. The van der Waals surface area contributed by atoms with E-state index in [1.807, 2.05) is 27.7 Å². The van der Waals surface area contributed by atoms with Crippen LogP contribution in [0.1, 0.15) is 72.6 Å². The summed E-state index contributed by atoms with van der Waals surface area (Å²) in [5.41, 5.74) is -0.209. The van der Waals surface area contributed by atoms with E-state index in [1.165, 1.54) is 0 Å². The zero-order valence-electron chi connectivity index (χ0n) is 17.4. The molecule has 4 bridgehead atoms. The third-order valence-corrected chi connectivity index (χ3v) is 6.81. The maximum Gasteiger partial charge on any atom is 0.337 e. The summed E-state index contributed by atoms with van der Waals surface area (Å²) < 4.78 is 11.9. The molecule has 4 aliphatic rings. The van der Waals surface area contributed by atoms with Gasteiger partial charge in [0, 0.05) is 12.3 Å². The van der Waals surface area contributed by atoms with E-state index in [1.54, 1.807) is 0 Å². The highest BCUT2D eigenvalue weighted by Crippen LogP contribution is 2.41. The minimum Gasteiger partial charge on any atom is -0.511 e. The highest BCUT2D eigenvalue weighted by Gasteiger charge is 2.45. The summed E-state index contributed by atoms with van der Waals surface area (Å²) >= 11 is 0. The van der Waals surface area contributed by atoms with Crippen molar-refractivity contribution >= 4 is 11.8 Å². The van der Waals surface area contributed by atoms with Crippen LogP contribution in [-0.4, -0.2) is 45.9 Å². The van der Waals surface area contributed by atoms with Gasteiger partial charge in [0.25, 0.3) is 0 Å². The molecule has 6 nitrogen and oxygen atoms in total. The Balaban J connectivity index is 1.98. The molecule has 0 aromatic carbocycles. The number of rotatable bonds is 2.